The van der Waals surface area contributed by atoms with Gasteiger partial charge in [-0.1, -0.05) is 18.2 Å². The third kappa shape index (κ3) is 3.93. The van der Waals surface area contributed by atoms with Crippen LogP contribution in [0, 0.1) is 6.92 Å². The number of hydrogen-bond donors (Lipinski definition) is 2. The molecule has 0 amide bonds. The Kier molecular flexibility index (Phi) is 5.12. The molecule has 7 heteroatoms. The number of hydrogen-bond acceptors (Lipinski definition) is 5. The molecule has 0 radical (unpaired) electrons. The molecular weight excluding hydrogens is 310 g/mol. The summed E-state index contributed by atoms with van der Waals surface area (Å²) in [6.07, 6.45) is 1.81. The highest BCUT2D eigenvalue weighted by molar-refractivity contribution is 5.68. The first-order valence-corrected chi connectivity index (χ1v) is 7.89. The number of aromatic nitrogens is 2. The molecule has 1 fully saturated rings. The van der Waals surface area contributed by atoms with E-state index >= 15 is 0 Å². The first-order chi connectivity index (χ1) is 11.6. The van der Waals surface area contributed by atoms with Gasteiger partial charge in [0.2, 0.25) is 0 Å². The Morgan fingerprint density at radius 1 is 1.50 bits per heavy atom. The number of rotatable bonds is 6. The molecule has 1 aromatic carbocycles. The topological polar surface area (TPSA) is 87.7 Å². The largest absolute Gasteiger partial charge is 0.482 e. The van der Waals surface area contributed by atoms with Gasteiger partial charge in [-0.15, -0.1) is 0 Å². The Hall–Kier alpha value is -2.38. The second-order valence-electron chi connectivity index (χ2n) is 5.80. The van der Waals surface area contributed by atoms with E-state index in [-0.39, 0.29) is 12.6 Å². The van der Waals surface area contributed by atoms with Crippen LogP contribution < -0.4 is 4.74 Å². The smallest absolute Gasteiger partial charge is 0.341 e. The lowest BCUT2D eigenvalue weighted by atomic mass is 10.1. The minimum atomic E-state index is -0.986. The number of para-hydroxylation sites is 1. The van der Waals surface area contributed by atoms with E-state index in [0.717, 1.165) is 23.6 Å². The summed E-state index contributed by atoms with van der Waals surface area (Å²) in [7, 11) is 0. The minimum Gasteiger partial charge on any atom is -0.482 e. The van der Waals surface area contributed by atoms with Crippen LogP contribution in [0.5, 0.6) is 5.75 Å². The van der Waals surface area contributed by atoms with E-state index in [1.54, 1.807) is 6.07 Å². The number of carboxylic acids is 1. The number of nitrogens with one attached hydrogen (secondary N) is 1. The number of carbonyl (C=O) groups is 1. The van der Waals surface area contributed by atoms with E-state index in [4.69, 9.17) is 14.6 Å². The van der Waals surface area contributed by atoms with Crippen molar-refractivity contribution < 1.29 is 19.4 Å². The number of ether oxygens (including phenoxy) is 2. The van der Waals surface area contributed by atoms with Crippen LogP contribution in [-0.2, 0) is 16.1 Å². The molecule has 1 aromatic heterocycles. The Balaban J connectivity index is 1.77. The summed E-state index contributed by atoms with van der Waals surface area (Å²) in [5.41, 5.74) is 1.97. The Morgan fingerprint density at radius 2 is 2.33 bits per heavy atom. The van der Waals surface area contributed by atoms with E-state index in [9.17, 15) is 4.79 Å². The lowest BCUT2D eigenvalue weighted by Gasteiger charge is -2.34. The Morgan fingerprint density at radius 3 is 3.08 bits per heavy atom. The molecule has 0 bridgehead atoms. The van der Waals surface area contributed by atoms with Crippen LogP contribution in [0.2, 0.25) is 0 Å². The van der Waals surface area contributed by atoms with Crippen molar-refractivity contribution in [3.05, 3.63) is 47.5 Å². The second-order valence-corrected chi connectivity index (χ2v) is 5.80. The molecule has 0 aliphatic carbocycles. The summed E-state index contributed by atoms with van der Waals surface area (Å²) in [4.78, 5) is 20.7. The molecule has 3 rings (SSSR count). The fourth-order valence-electron chi connectivity index (χ4n) is 2.81. The normalized spacial score (nSPS) is 18.5. The number of benzene rings is 1. The van der Waals surface area contributed by atoms with Crippen molar-refractivity contribution in [1.29, 1.82) is 0 Å². The molecule has 0 saturated carbocycles. The molecule has 2 aromatic rings. The molecule has 128 valence electrons. The van der Waals surface area contributed by atoms with Gasteiger partial charge in [-0.25, -0.2) is 9.78 Å². The molecule has 1 aliphatic heterocycles. The monoisotopic (exact) mass is 331 g/mol. The first kappa shape index (κ1) is 16.5. The summed E-state index contributed by atoms with van der Waals surface area (Å²) in [6, 6.07) is 7.56. The molecule has 24 heavy (non-hydrogen) atoms. The Bertz CT molecular complexity index is 701. The van der Waals surface area contributed by atoms with Crippen molar-refractivity contribution in [3.8, 4) is 5.75 Å². The number of H-pyrrole nitrogens is 1. The second kappa shape index (κ2) is 7.46. The van der Waals surface area contributed by atoms with Crippen molar-refractivity contribution in [2.45, 2.75) is 19.5 Å². The minimum absolute atomic E-state index is 0.0416. The van der Waals surface area contributed by atoms with Gasteiger partial charge in [0.15, 0.2) is 6.61 Å². The summed E-state index contributed by atoms with van der Waals surface area (Å²) < 4.78 is 11.0. The highest BCUT2D eigenvalue weighted by Gasteiger charge is 2.27. The molecule has 1 atom stereocenters. The van der Waals surface area contributed by atoms with Gasteiger partial charge < -0.3 is 19.6 Å². The summed E-state index contributed by atoms with van der Waals surface area (Å²) in [5.74, 6) is 0.497. The van der Waals surface area contributed by atoms with Crippen molar-refractivity contribution in [3.63, 3.8) is 0 Å². The zero-order valence-electron chi connectivity index (χ0n) is 13.6. The van der Waals surface area contributed by atoms with E-state index in [1.165, 1.54) is 0 Å². The predicted octanol–water partition coefficient (Wildman–Crippen LogP) is 1.76. The quantitative estimate of drug-likeness (QED) is 0.838. The van der Waals surface area contributed by atoms with Gasteiger partial charge in [0.1, 0.15) is 11.6 Å². The summed E-state index contributed by atoms with van der Waals surface area (Å²) in [6.45, 7) is 4.28. The maximum atomic E-state index is 10.7. The third-order valence-corrected chi connectivity index (χ3v) is 3.97. The average molecular weight is 331 g/mol. The van der Waals surface area contributed by atoms with Gasteiger partial charge in [-0.05, 0) is 13.0 Å². The zero-order chi connectivity index (χ0) is 16.9. The van der Waals surface area contributed by atoms with Crippen LogP contribution in [0.25, 0.3) is 0 Å². The van der Waals surface area contributed by atoms with Gasteiger partial charge in [0.25, 0.3) is 0 Å². The van der Waals surface area contributed by atoms with Crippen molar-refractivity contribution in [2.24, 2.45) is 0 Å². The number of aromatic amines is 1. The van der Waals surface area contributed by atoms with Crippen LogP contribution in [-0.4, -0.2) is 52.3 Å². The maximum absolute atomic E-state index is 10.7. The van der Waals surface area contributed by atoms with E-state index in [1.807, 2.05) is 31.3 Å². The Labute approximate surface area is 140 Å². The van der Waals surface area contributed by atoms with E-state index in [2.05, 4.69) is 14.9 Å². The number of morpholine rings is 1. The number of aliphatic carboxylic acids is 1. The number of imidazole rings is 1. The summed E-state index contributed by atoms with van der Waals surface area (Å²) >= 11 is 0. The fraction of sp³-hybridized carbons (Fsp3) is 0.412. The van der Waals surface area contributed by atoms with Gasteiger partial charge in [0, 0.05) is 30.5 Å². The van der Waals surface area contributed by atoms with Crippen molar-refractivity contribution in [2.75, 3.05) is 26.4 Å². The molecular formula is C17H21N3O4. The van der Waals surface area contributed by atoms with E-state index in [0.29, 0.717) is 25.5 Å². The number of aryl methyl sites for hydroxylation is 1. The average Bonchev–Trinajstić information content (AvgIpc) is 3.01. The van der Waals surface area contributed by atoms with Crippen molar-refractivity contribution >= 4 is 5.97 Å². The number of carboxylic acid groups (broad SMARTS) is 1. The van der Waals surface area contributed by atoms with Crippen LogP contribution in [0.3, 0.4) is 0 Å². The first-order valence-electron chi connectivity index (χ1n) is 7.89. The predicted molar refractivity (Wildman–Crippen MR) is 86.9 cm³/mol. The molecule has 1 saturated heterocycles. The maximum Gasteiger partial charge on any atom is 0.341 e. The standard InChI is InChI=1S/C17H21N3O4/c1-12-8-18-17(19-12)14-10-23-7-6-20(14)9-13-4-2-3-5-15(13)24-11-16(21)22/h2-5,8,14H,6-7,9-11H2,1H3,(H,18,19)(H,21,22)/t14-/m1/s1. The molecule has 1 aliphatic rings. The van der Waals surface area contributed by atoms with Crippen LogP contribution in [0.15, 0.2) is 30.5 Å². The van der Waals surface area contributed by atoms with Crippen molar-refractivity contribution in [1.82, 2.24) is 14.9 Å². The van der Waals surface area contributed by atoms with Crippen LogP contribution in [0.1, 0.15) is 23.1 Å². The zero-order valence-corrected chi connectivity index (χ0v) is 13.6. The SMILES string of the molecule is Cc1cnc([C@H]2COCCN2Cc2ccccc2OCC(=O)O)[nH]1. The highest BCUT2D eigenvalue weighted by atomic mass is 16.5. The highest BCUT2D eigenvalue weighted by Crippen LogP contribution is 2.27. The molecule has 0 spiro atoms. The van der Waals surface area contributed by atoms with Crippen LogP contribution in [0.4, 0.5) is 0 Å². The third-order valence-electron chi connectivity index (χ3n) is 3.97. The fourth-order valence-corrected chi connectivity index (χ4v) is 2.81. The van der Waals surface area contributed by atoms with Gasteiger partial charge in [-0.3, -0.25) is 4.90 Å². The molecule has 0 unspecified atom stereocenters. The van der Waals surface area contributed by atoms with E-state index < -0.39 is 5.97 Å². The van der Waals surface area contributed by atoms with Gasteiger partial charge in [0.05, 0.1) is 19.3 Å². The van der Waals surface area contributed by atoms with Gasteiger partial charge >= 0.3 is 5.97 Å². The lowest BCUT2D eigenvalue weighted by Crippen LogP contribution is -2.39. The van der Waals surface area contributed by atoms with Crippen LogP contribution >= 0.6 is 0 Å². The summed E-state index contributed by atoms with van der Waals surface area (Å²) in [5, 5.41) is 8.82. The van der Waals surface area contributed by atoms with Gasteiger partial charge in [-0.2, -0.15) is 0 Å². The lowest BCUT2D eigenvalue weighted by molar-refractivity contribution is -0.139. The number of nitrogens with zero attached hydrogens (tertiary/aromatic N) is 2. The molecule has 2 heterocycles. The molecule has 7 nitrogen and oxygen atoms in total. The molecule has 2 N–H and O–H groups in total.